The zero-order valence-electron chi connectivity index (χ0n) is 22.0. The summed E-state index contributed by atoms with van der Waals surface area (Å²) in [6.07, 6.45) is 3.52. The second-order valence-corrected chi connectivity index (χ2v) is 11.6. The number of rotatable bonds is 7. The lowest BCUT2D eigenvalue weighted by Crippen LogP contribution is -2.50. The molecule has 1 unspecified atom stereocenters. The largest absolute Gasteiger partial charge is 0.464 e. The number of carboxylic acid groups (broad SMARTS) is 1. The maximum absolute atomic E-state index is 12.0. The van der Waals surface area contributed by atoms with Gasteiger partial charge in [-0.2, -0.15) is 0 Å². The van der Waals surface area contributed by atoms with Crippen LogP contribution in [0.2, 0.25) is 0 Å². The summed E-state index contributed by atoms with van der Waals surface area (Å²) in [5, 5.41) is 12.5. The Balaban J connectivity index is 1.09. The Morgan fingerprint density at radius 1 is 1.11 bits per heavy atom. The topological polar surface area (TPSA) is 90.9 Å². The highest BCUT2D eigenvalue weighted by atomic mass is 32.1. The van der Waals surface area contributed by atoms with Gasteiger partial charge in [0, 0.05) is 66.6 Å². The Morgan fingerprint density at radius 2 is 1.89 bits per heavy atom. The molecule has 8 nitrogen and oxygen atoms in total. The van der Waals surface area contributed by atoms with Crippen LogP contribution in [-0.4, -0.2) is 82.4 Å². The number of nitrogens with two attached hydrogens (primary N) is 1. The zero-order chi connectivity index (χ0) is 26.2. The molecule has 1 aliphatic carbocycles. The van der Waals surface area contributed by atoms with Crippen molar-refractivity contribution in [1.29, 1.82) is 0 Å². The van der Waals surface area contributed by atoms with Crippen LogP contribution in [0.5, 0.6) is 0 Å². The summed E-state index contributed by atoms with van der Waals surface area (Å²) in [4.78, 5) is 25.6. The van der Waals surface area contributed by atoms with E-state index in [0.717, 1.165) is 80.5 Å². The summed E-state index contributed by atoms with van der Waals surface area (Å²) in [6, 6.07) is 14.5. The van der Waals surface area contributed by atoms with Crippen molar-refractivity contribution in [2.45, 2.75) is 38.6 Å². The van der Waals surface area contributed by atoms with Gasteiger partial charge in [-0.1, -0.05) is 25.1 Å². The minimum absolute atomic E-state index is 0.586. The number of benzene rings is 2. The van der Waals surface area contributed by atoms with Crippen molar-refractivity contribution in [3.8, 4) is 0 Å². The number of thiazole rings is 1. The van der Waals surface area contributed by atoms with Crippen LogP contribution < -0.4 is 10.6 Å². The Kier molecular flexibility index (Phi) is 6.99. The van der Waals surface area contributed by atoms with Gasteiger partial charge >= 0.3 is 6.09 Å². The lowest BCUT2D eigenvalue weighted by molar-refractivity contribution is 0.146. The second kappa shape index (κ2) is 10.6. The molecule has 1 fully saturated rings. The Bertz CT molecular complexity index is 1450. The SMILES string of the molecule is CCCN(CCN1CCN(c2ccc3c(c2)c2ccccc2n3C(=O)O)CC1)C1CCc2nc(N)sc2C1. The van der Waals surface area contributed by atoms with Crippen LogP contribution in [-0.2, 0) is 12.8 Å². The molecule has 1 atom stereocenters. The normalized spacial score (nSPS) is 18.5. The molecule has 2 aromatic carbocycles. The predicted molar refractivity (Wildman–Crippen MR) is 156 cm³/mol. The molecule has 9 heteroatoms. The number of nitrogens with zero attached hydrogens (tertiary/aromatic N) is 5. The Labute approximate surface area is 227 Å². The van der Waals surface area contributed by atoms with E-state index in [9.17, 15) is 9.90 Å². The number of aromatic nitrogens is 2. The number of hydrogen-bond acceptors (Lipinski definition) is 7. The van der Waals surface area contributed by atoms with E-state index in [-0.39, 0.29) is 0 Å². The van der Waals surface area contributed by atoms with Gasteiger partial charge < -0.3 is 15.7 Å². The van der Waals surface area contributed by atoms with E-state index >= 15 is 0 Å². The number of carbonyl (C=O) groups is 1. The van der Waals surface area contributed by atoms with Crippen LogP contribution in [0, 0.1) is 0 Å². The molecule has 1 saturated heterocycles. The van der Waals surface area contributed by atoms with Gasteiger partial charge in [0.2, 0.25) is 0 Å². The lowest BCUT2D eigenvalue weighted by atomic mass is 9.96. The van der Waals surface area contributed by atoms with Crippen LogP contribution in [0.4, 0.5) is 15.6 Å². The average Bonchev–Trinajstić information content (AvgIpc) is 3.47. The lowest BCUT2D eigenvalue weighted by Gasteiger charge is -2.39. The Hall–Kier alpha value is -3.14. The van der Waals surface area contributed by atoms with E-state index in [1.165, 1.54) is 33.7 Å². The van der Waals surface area contributed by atoms with Crippen molar-refractivity contribution in [3.05, 3.63) is 53.0 Å². The summed E-state index contributed by atoms with van der Waals surface area (Å²) in [5.41, 5.74) is 9.84. The molecule has 3 N–H and O–H groups in total. The van der Waals surface area contributed by atoms with E-state index in [1.807, 2.05) is 30.3 Å². The summed E-state index contributed by atoms with van der Waals surface area (Å²) in [7, 11) is 0. The fourth-order valence-electron chi connectivity index (χ4n) is 6.32. The van der Waals surface area contributed by atoms with Gasteiger partial charge in [-0.05, 0) is 56.5 Å². The number of piperazine rings is 1. The van der Waals surface area contributed by atoms with Gasteiger partial charge in [0.05, 0.1) is 16.7 Å². The monoisotopic (exact) mass is 532 g/mol. The molecule has 1 aliphatic heterocycles. The van der Waals surface area contributed by atoms with Crippen molar-refractivity contribution >= 4 is 50.1 Å². The van der Waals surface area contributed by atoms with Gasteiger partial charge in [-0.25, -0.2) is 14.3 Å². The highest BCUT2D eigenvalue weighted by Gasteiger charge is 2.27. The summed E-state index contributed by atoms with van der Waals surface area (Å²) in [6.45, 7) is 9.63. The minimum Gasteiger partial charge on any atom is -0.464 e. The highest BCUT2D eigenvalue weighted by Crippen LogP contribution is 2.33. The molecule has 0 spiro atoms. The minimum atomic E-state index is -0.945. The summed E-state index contributed by atoms with van der Waals surface area (Å²) >= 11 is 1.67. The molecule has 4 aromatic rings. The molecule has 2 aromatic heterocycles. The molecular weight excluding hydrogens is 496 g/mol. The van der Waals surface area contributed by atoms with Crippen LogP contribution >= 0.6 is 11.3 Å². The van der Waals surface area contributed by atoms with Gasteiger partial charge in [0.15, 0.2) is 5.13 Å². The van der Waals surface area contributed by atoms with Crippen molar-refractivity contribution in [2.75, 3.05) is 56.4 Å². The fourth-order valence-corrected chi connectivity index (χ4v) is 7.27. The first-order chi connectivity index (χ1) is 18.5. The summed E-state index contributed by atoms with van der Waals surface area (Å²) < 4.78 is 1.39. The molecule has 6 rings (SSSR count). The third-order valence-electron chi connectivity index (χ3n) is 8.25. The number of para-hydroxylation sites is 1. The van der Waals surface area contributed by atoms with Crippen molar-refractivity contribution in [2.24, 2.45) is 0 Å². The highest BCUT2D eigenvalue weighted by molar-refractivity contribution is 7.15. The van der Waals surface area contributed by atoms with Gasteiger partial charge in [-0.15, -0.1) is 11.3 Å². The number of anilines is 2. The van der Waals surface area contributed by atoms with Crippen molar-refractivity contribution in [1.82, 2.24) is 19.4 Å². The summed E-state index contributed by atoms with van der Waals surface area (Å²) in [5.74, 6) is 0. The quantitative estimate of drug-likeness (QED) is 0.355. The fraction of sp³-hybridized carbons (Fsp3) is 0.448. The van der Waals surface area contributed by atoms with Gasteiger partial charge in [-0.3, -0.25) is 9.80 Å². The van der Waals surface area contributed by atoms with E-state index in [4.69, 9.17) is 5.73 Å². The smallest absolute Gasteiger partial charge is 0.416 e. The van der Waals surface area contributed by atoms with Gasteiger partial charge in [0.1, 0.15) is 0 Å². The number of fused-ring (bicyclic) bond motifs is 4. The van der Waals surface area contributed by atoms with Crippen LogP contribution in [0.3, 0.4) is 0 Å². The third-order valence-corrected chi connectivity index (χ3v) is 9.19. The first-order valence-electron chi connectivity index (χ1n) is 13.7. The Morgan fingerprint density at radius 3 is 2.68 bits per heavy atom. The molecule has 2 aliphatic rings. The van der Waals surface area contributed by atoms with Crippen LogP contribution in [0.15, 0.2) is 42.5 Å². The van der Waals surface area contributed by atoms with E-state index in [1.54, 1.807) is 11.3 Å². The molecular formula is C29H36N6O2S. The first-order valence-corrected chi connectivity index (χ1v) is 14.6. The second-order valence-electron chi connectivity index (χ2n) is 10.5. The van der Waals surface area contributed by atoms with Crippen LogP contribution in [0.25, 0.3) is 21.8 Å². The molecule has 200 valence electrons. The van der Waals surface area contributed by atoms with Crippen molar-refractivity contribution in [3.63, 3.8) is 0 Å². The third kappa shape index (κ3) is 4.74. The number of hydrogen-bond donors (Lipinski definition) is 2. The average molecular weight is 533 g/mol. The van der Waals surface area contributed by atoms with Crippen molar-refractivity contribution < 1.29 is 9.90 Å². The molecule has 0 amide bonds. The van der Waals surface area contributed by atoms with E-state index < -0.39 is 6.09 Å². The van der Waals surface area contributed by atoms with Gasteiger partial charge in [0.25, 0.3) is 0 Å². The molecule has 0 saturated carbocycles. The molecule has 3 heterocycles. The molecule has 0 radical (unpaired) electrons. The molecule has 38 heavy (non-hydrogen) atoms. The maximum atomic E-state index is 12.0. The number of nitrogen functional groups attached to an aromatic ring is 1. The standard InChI is InChI=1S/C29H36N6O2S/c1-2-11-33(21-7-9-24-27(19-21)38-28(30)31-24)15-12-32-13-16-34(17-14-32)20-8-10-26-23(18-20)22-5-3-4-6-25(22)35(26)29(36)37/h3-6,8,10,18,21H,2,7,9,11-17,19H2,1H3,(H2,30,31)(H,36,37). The predicted octanol–water partition coefficient (Wildman–Crippen LogP) is 4.75. The first kappa shape index (κ1) is 25.2. The molecule has 0 bridgehead atoms. The maximum Gasteiger partial charge on any atom is 0.416 e. The number of aryl methyl sites for hydroxylation is 1. The van der Waals surface area contributed by atoms with E-state index in [0.29, 0.717) is 11.2 Å². The zero-order valence-corrected chi connectivity index (χ0v) is 22.8. The van der Waals surface area contributed by atoms with Crippen LogP contribution in [0.1, 0.15) is 30.3 Å². The van der Waals surface area contributed by atoms with E-state index in [2.05, 4.69) is 38.7 Å².